The summed E-state index contributed by atoms with van der Waals surface area (Å²) in [5, 5.41) is 6.14. The van der Waals surface area contributed by atoms with Crippen LogP contribution in [0.3, 0.4) is 0 Å². The van der Waals surface area contributed by atoms with Crippen molar-refractivity contribution in [1.82, 2.24) is 19.3 Å². The highest BCUT2D eigenvalue weighted by molar-refractivity contribution is 6.04. The van der Waals surface area contributed by atoms with E-state index in [2.05, 4.69) is 16.1 Å². The molecular weight excluding hydrogens is 276 g/mol. The number of nitrogens with zero attached hydrogens (tertiary/aromatic N) is 4. The summed E-state index contributed by atoms with van der Waals surface area (Å²) in [7, 11) is 3.69. The molecule has 0 radical (unpaired) electrons. The average molecular weight is 290 g/mol. The highest BCUT2D eigenvalue weighted by Crippen LogP contribution is 2.27. The Morgan fingerprint density at radius 3 is 2.64 bits per heavy atom. The van der Waals surface area contributed by atoms with Crippen LogP contribution < -0.4 is 5.56 Å². The van der Waals surface area contributed by atoms with Gasteiger partial charge in [0, 0.05) is 48.9 Å². The number of rotatable bonds is 1. The van der Waals surface area contributed by atoms with Gasteiger partial charge in [-0.1, -0.05) is 6.07 Å². The average Bonchev–Trinajstić information content (AvgIpc) is 2.96. The molecule has 0 saturated heterocycles. The van der Waals surface area contributed by atoms with Crippen molar-refractivity contribution in [3.63, 3.8) is 0 Å². The highest BCUT2D eigenvalue weighted by Gasteiger charge is 2.08. The minimum atomic E-state index is -0.0215. The van der Waals surface area contributed by atoms with Crippen LogP contribution in [0.4, 0.5) is 0 Å². The second-order valence-electron chi connectivity index (χ2n) is 5.43. The van der Waals surface area contributed by atoms with E-state index >= 15 is 0 Å². The molecule has 0 saturated carbocycles. The Balaban J connectivity index is 2.11. The predicted molar refractivity (Wildman–Crippen MR) is 86.7 cm³/mol. The molecule has 0 aliphatic rings. The van der Waals surface area contributed by atoms with Gasteiger partial charge >= 0.3 is 0 Å². The van der Waals surface area contributed by atoms with Crippen molar-refractivity contribution in [1.29, 1.82) is 0 Å². The minimum absolute atomic E-state index is 0.0215. The molecule has 3 aromatic heterocycles. The van der Waals surface area contributed by atoms with Crippen LogP contribution in [0.5, 0.6) is 0 Å². The Labute approximate surface area is 126 Å². The van der Waals surface area contributed by atoms with Gasteiger partial charge in [-0.15, -0.1) is 0 Å². The van der Waals surface area contributed by atoms with E-state index in [4.69, 9.17) is 0 Å². The first-order chi connectivity index (χ1) is 10.6. The van der Waals surface area contributed by atoms with Gasteiger partial charge in [-0.2, -0.15) is 5.10 Å². The van der Waals surface area contributed by atoms with Crippen LogP contribution in [-0.4, -0.2) is 19.3 Å². The van der Waals surface area contributed by atoms with Gasteiger partial charge in [-0.3, -0.25) is 14.5 Å². The number of aromatic nitrogens is 4. The number of aryl methyl sites for hydroxylation is 2. The number of hydrogen-bond acceptors (Lipinski definition) is 3. The van der Waals surface area contributed by atoms with Crippen molar-refractivity contribution in [3.8, 4) is 11.1 Å². The van der Waals surface area contributed by atoms with Gasteiger partial charge in [0.05, 0.1) is 17.2 Å². The number of fused-ring (bicyclic) bond motifs is 3. The SMILES string of the molecule is Cn1cc(-c2ccc3ncc4ccc(=O)n(C)c4c3c2)cn1. The van der Waals surface area contributed by atoms with Crippen LogP contribution in [0.15, 0.2) is 53.7 Å². The van der Waals surface area contributed by atoms with Crippen LogP contribution in [0.25, 0.3) is 32.9 Å². The number of pyridine rings is 2. The molecule has 0 spiro atoms. The van der Waals surface area contributed by atoms with Gasteiger partial charge < -0.3 is 4.57 Å². The zero-order chi connectivity index (χ0) is 15.3. The zero-order valence-corrected chi connectivity index (χ0v) is 12.3. The van der Waals surface area contributed by atoms with Crippen LogP contribution in [-0.2, 0) is 14.1 Å². The standard InChI is InChI=1S/C17H14N4O/c1-20-10-13(9-19-20)11-3-5-15-14(7-11)17-12(8-18-15)4-6-16(22)21(17)2/h3-10H,1-2H3. The first kappa shape index (κ1) is 12.8. The molecule has 0 aliphatic heterocycles. The van der Waals surface area contributed by atoms with Crippen LogP contribution in [0.1, 0.15) is 0 Å². The van der Waals surface area contributed by atoms with Crippen molar-refractivity contribution in [2.75, 3.05) is 0 Å². The van der Waals surface area contributed by atoms with Crippen LogP contribution in [0, 0.1) is 0 Å². The maximum atomic E-state index is 12.0. The fraction of sp³-hybridized carbons (Fsp3) is 0.118. The third-order valence-electron chi connectivity index (χ3n) is 3.98. The molecule has 4 aromatic rings. The molecule has 0 fully saturated rings. The summed E-state index contributed by atoms with van der Waals surface area (Å²) in [6.45, 7) is 0. The van der Waals surface area contributed by atoms with E-state index in [1.54, 1.807) is 28.6 Å². The van der Waals surface area contributed by atoms with E-state index in [1.807, 2.05) is 37.6 Å². The quantitative estimate of drug-likeness (QED) is 0.506. The molecule has 3 heterocycles. The maximum Gasteiger partial charge on any atom is 0.250 e. The predicted octanol–water partition coefficient (Wildman–Crippen LogP) is 2.49. The molecular formula is C17H14N4O. The normalized spacial score (nSPS) is 11.4. The fourth-order valence-electron chi connectivity index (χ4n) is 2.82. The lowest BCUT2D eigenvalue weighted by Gasteiger charge is -2.09. The molecule has 0 aliphatic carbocycles. The second kappa shape index (κ2) is 4.53. The first-order valence-corrected chi connectivity index (χ1v) is 7.01. The molecule has 22 heavy (non-hydrogen) atoms. The van der Waals surface area contributed by atoms with Gasteiger partial charge in [-0.05, 0) is 23.8 Å². The zero-order valence-electron chi connectivity index (χ0n) is 12.3. The number of hydrogen-bond donors (Lipinski definition) is 0. The largest absolute Gasteiger partial charge is 0.311 e. The summed E-state index contributed by atoms with van der Waals surface area (Å²) in [4.78, 5) is 16.4. The monoisotopic (exact) mass is 290 g/mol. The van der Waals surface area contributed by atoms with E-state index in [0.717, 1.165) is 32.9 Å². The molecule has 108 valence electrons. The van der Waals surface area contributed by atoms with Crippen molar-refractivity contribution in [3.05, 3.63) is 59.3 Å². The minimum Gasteiger partial charge on any atom is -0.311 e. The molecule has 0 amide bonds. The summed E-state index contributed by atoms with van der Waals surface area (Å²) < 4.78 is 3.45. The molecule has 5 nitrogen and oxygen atoms in total. The summed E-state index contributed by atoms with van der Waals surface area (Å²) in [6.07, 6.45) is 5.61. The van der Waals surface area contributed by atoms with E-state index in [9.17, 15) is 4.79 Å². The number of benzene rings is 1. The lowest BCUT2D eigenvalue weighted by molar-refractivity contribution is 0.768. The van der Waals surface area contributed by atoms with Gasteiger partial charge in [0.1, 0.15) is 0 Å². The Morgan fingerprint density at radius 1 is 1.00 bits per heavy atom. The van der Waals surface area contributed by atoms with E-state index < -0.39 is 0 Å². The van der Waals surface area contributed by atoms with Crippen molar-refractivity contribution in [2.45, 2.75) is 0 Å². The fourth-order valence-corrected chi connectivity index (χ4v) is 2.82. The highest BCUT2D eigenvalue weighted by atomic mass is 16.1. The molecule has 5 heteroatoms. The van der Waals surface area contributed by atoms with Gasteiger partial charge in [-0.25, -0.2) is 0 Å². The maximum absolute atomic E-state index is 12.0. The Hall–Kier alpha value is -2.95. The summed E-state index contributed by atoms with van der Waals surface area (Å²) in [5.74, 6) is 0. The van der Waals surface area contributed by atoms with Crippen molar-refractivity contribution in [2.24, 2.45) is 14.1 Å². The Morgan fingerprint density at radius 2 is 1.86 bits per heavy atom. The second-order valence-corrected chi connectivity index (χ2v) is 5.43. The van der Waals surface area contributed by atoms with E-state index in [0.29, 0.717) is 0 Å². The molecule has 0 unspecified atom stereocenters. The van der Waals surface area contributed by atoms with Gasteiger partial charge in [0.2, 0.25) is 0 Å². The third kappa shape index (κ3) is 1.83. The Kier molecular flexibility index (Phi) is 2.63. The Bertz CT molecular complexity index is 1080. The lowest BCUT2D eigenvalue weighted by atomic mass is 10.0. The molecule has 4 rings (SSSR count). The van der Waals surface area contributed by atoms with Crippen LogP contribution >= 0.6 is 0 Å². The smallest absolute Gasteiger partial charge is 0.250 e. The molecule has 0 N–H and O–H groups in total. The summed E-state index contributed by atoms with van der Waals surface area (Å²) in [6, 6.07) is 9.47. The third-order valence-corrected chi connectivity index (χ3v) is 3.98. The summed E-state index contributed by atoms with van der Waals surface area (Å²) >= 11 is 0. The lowest BCUT2D eigenvalue weighted by Crippen LogP contribution is -2.15. The van der Waals surface area contributed by atoms with Crippen LogP contribution in [0.2, 0.25) is 0 Å². The first-order valence-electron chi connectivity index (χ1n) is 7.01. The van der Waals surface area contributed by atoms with Crippen molar-refractivity contribution >= 4 is 21.8 Å². The molecule has 1 aromatic carbocycles. The summed E-state index contributed by atoms with van der Waals surface area (Å²) in [5.41, 5.74) is 3.87. The van der Waals surface area contributed by atoms with Crippen molar-refractivity contribution < 1.29 is 0 Å². The van der Waals surface area contributed by atoms with E-state index in [1.165, 1.54) is 0 Å². The molecule has 0 bridgehead atoms. The van der Waals surface area contributed by atoms with E-state index in [-0.39, 0.29) is 5.56 Å². The topological polar surface area (TPSA) is 52.7 Å². The molecule has 0 atom stereocenters. The van der Waals surface area contributed by atoms with Gasteiger partial charge in [0.25, 0.3) is 5.56 Å². The van der Waals surface area contributed by atoms with Gasteiger partial charge in [0.15, 0.2) is 0 Å².